The number of aryl methyl sites for hydroxylation is 1. The number of amides is 1. The SMILES string of the molecule is Cc1cccc(C(=O)N(C)CCc2ccccc2)c1O. The van der Waals surface area contributed by atoms with Gasteiger partial charge in [0.05, 0.1) is 5.56 Å². The molecule has 2 aromatic rings. The lowest BCUT2D eigenvalue weighted by Gasteiger charge is -2.18. The molecule has 2 aromatic carbocycles. The molecular formula is C17H19NO2. The number of benzene rings is 2. The van der Waals surface area contributed by atoms with Crippen molar-refractivity contribution in [2.45, 2.75) is 13.3 Å². The van der Waals surface area contributed by atoms with E-state index in [1.807, 2.05) is 30.3 Å². The third-order valence-electron chi connectivity index (χ3n) is 3.39. The van der Waals surface area contributed by atoms with Crippen LogP contribution in [0, 0.1) is 6.92 Å². The first-order chi connectivity index (χ1) is 9.59. The molecule has 0 aliphatic heterocycles. The summed E-state index contributed by atoms with van der Waals surface area (Å²) in [6.07, 6.45) is 0.801. The Morgan fingerprint density at radius 3 is 2.50 bits per heavy atom. The maximum atomic E-state index is 12.3. The van der Waals surface area contributed by atoms with Crippen LogP contribution in [0.1, 0.15) is 21.5 Å². The number of carbonyl (C=O) groups is 1. The smallest absolute Gasteiger partial charge is 0.257 e. The number of aromatic hydroxyl groups is 1. The van der Waals surface area contributed by atoms with Crippen LogP contribution in [-0.4, -0.2) is 29.5 Å². The third kappa shape index (κ3) is 3.18. The third-order valence-corrected chi connectivity index (χ3v) is 3.39. The van der Waals surface area contributed by atoms with E-state index < -0.39 is 0 Å². The highest BCUT2D eigenvalue weighted by molar-refractivity contribution is 5.97. The lowest BCUT2D eigenvalue weighted by molar-refractivity contribution is 0.0793. The topological polar surface area (TPSA) is 40.5 Å². The number of hydrogen-bond acceptors (Lipinski definition) is 2. The molecule has 104 valence electrons. The molecule has 0 saturated heterocycles. The molecule has 2 rings (SSSR count). The van der Waals surface area contributed by atoms with E-state index >= 15 is 0 Å². The van der Waals surface area contributed by atoms with E-state index in [2.05, 4.69) is 0 Å². The fourth-order valence-electron chi connectivity index (χ4n) is 2.08. The molecule has 0 fully saturated rings. The van der Waals surface area contributed by atoms with Crippen LogP contribution < -0.4 is 0 Å². The maximum Gasteiger partial charge on any atom is 0.257 e. The first-order valence-corrected chi connectivity index (χ1v) is 6.67. The Bertz CT molecular complexity index is 593. The quantitative estimate of drug-likeness (QED) is 0.927. The van der Waals surface area contributed by atoms with E-state index in [0.717, 1.165) is 6.42 Å². The second-order valence-electron chi connectivity index (χ2n) is 4.93. The first-order valence-electron chi connectivity index (χ1n) is 6.67. The van der Waals surface area contributed by atoms with Crippen molar-refractivity contribution in [3.8, 4) is 5.75 Å². The van der Waals surface area contributed by atoms with E-state index in [1.165, 1.54) is 5.56 Å². The lowest BCUT2D eigenvalue weighted by atomic mass is 10.1. The zero-order valence-corrected chi connectivity index (χ0v) is 11.8. The Balaban J connectivity index is 2.04. The van der Waals surface area contributed by atoms with Gasteiger partial charge in [-0.1, -0.05) is 42.5 Å². The summed E-state index contributed by atoms with van der Waals surface area (Å²) in [4.78, 5) is 13.9. The summed E-state index contributed by atoms with van der Waals surface area (Å²) in [5.41, 5.74) is 2.27. The van der Waals surface area contributed by atoms with Gasteiger partial charge in [0.15, 0.2) is 0 Å². The standard InChI is InChI=1S/C17H19NO2/c1-13-7-6-10-15(16(13)19)17(20)18(2)12-11-14-8-4-3-5-9-14/h3-10,19H,11-12H2,1-2H3. The minimum atomic E-state index is -0.151. The Kier molecular flexibility index (Phi) is 4.41. The second-order valence-corrected chi connectivity index (χ2v) is 4.93. The lowest BCUT2D eigenvalue weighted by Crippen LogP contribution is -2.29. The van der Waals surface area contributed by atoms with Crippen LogP contribution in [0.25, 0.3) is 0 Å². The van der Waals surface area contributed by atoms with Gasteiger partial charge >= 0.3 is 0 Å². The Morgan fingerprint density at radius 1 is 1.10 bits per heavy atom. The zero-order chi connectivity index (χ0) is 14.5. The normalized spacial score (nSPS) is 10.3. The number of rotatable bonds is 4. The van der Waals surface area contributed by atoms with Crippen LogP contribution in [0.2, 0.25) is 0 Å². The van der Waals surface area contributed by atoms with E-state index in [-0.39, 0.29) is 11.7 Å². The summed E-state index contributed by atoms with van der Waals surface area (Å²) >= 11 is 0. The van der Waals surface area contributed by atoms with E-state index in [9.17, 15) is 9.90 Å². The van der Waals surface area contributed by atoms with Gasteiger partial charge in [-0.2, -0.15) is 0 Å². The Morgan fingerprint density at radius 2 is 1.80 bits per heavy atom. The number of likely N-dealkylation sites (N-methyl/N-ethyl adjacent to an activating group) is 1. The number of hydrogen-bond donors (Lipinski definition) is 1. The van der Waals surface area contributed by atoms with Gasteiger partial charge in [-0.15, -0.1) is 0 Å². The van der Waals surface area contributed by atoms with Gasteiger partial charge in [0.25, 0.3) is 5.91 Å². The number of carbonyl (C=O) groups excluding carboxylic acids is 1. The van der Waals surface area contributed by atoms with E-state index in [4.69, 9.17) is 0 Å². The number of phenols is 1. The van der Waals surface area contributed by atoms with Crippen LogP contribution >= 0.6 is 0 Å². The van der Waals surface area contributed by atoms with Gasteiger partial charge in [-0.05, 0) is 30.5 Å². The predicted octanol–water partition coefficient (Wildman–Crippen LogP) is 3.02. The zero-order valence-electron chi connectivity index (χ0n) is 11.8. The van der Waals surface area contributed by atoms with E-state index in [1.54, 1.807) is 37.1 Å². The summed E-state index contributed by atoms with van der Waals surface area (Å²) in [6, 6.07) is 15.3. The summed E-state index contributed by atoms with van der Waals surface area (Å²) in [5, 5.41) is 9.95. The molecule has 0 spiro atoms. The monoisotopic (exact) mass is 269 g/mol. The fourth-order valence-corrected chi connectivity index (χ4v) is 2.08. The highest BCUT2D eigenvalue weighted by Crippen LogP contribution is 2.22. The molecule has 0 heterocycles. The summed E-state index contributed by atoms with van der Waals surface area (Å²) in [6.45, 7) is 2.41. The molecule has 1 amide bonds. The Labute approximate surface area is 119 Å². The van der Waals surface area contributed by atoms with Crippen molar-refractivity contribution in [2.24, 2.45) is 0 Å². The number of nitrogens with zero attached hydrogens (tertiary/aromatic N) is 1. The van der Waals surface area contributed by atoms with Crippen molar-refractivity contribution >= 4 is 5.91 Å². The van der Waals surface area contributed by atoms with Gasteiger partial charge in [0.2, 0.25) is 0 Å². The molecule has 3 nitrogen and oxygen atoms in total. The summed E-state index contributed by atoms with van der Waals surface area (Å²) in [7, 11) is 1.76. The molecule has 0 saturated carbocycles. The summed E-state index contributed by atoms with van der Waals surface area (Å²) in [5.74, 6) is -0.0776. The maximum absolute atomic E-state index is 12.3. The molecule has 0 atom stereocenters. The molecule has 0 aliphatic carbocycles. The number of para-hydroxylation sites is 1. The Hall–Kier alpha value is -2.29. The summed E-state index contributed by atoms with van der Waals surface area (Å²) < 4.78 is 0. The second kappa shape index (κ2) is 6.24. The molecule has 0 unspecified atom stereocenters. The predicted molar refractivity (Wildman–Crippen MR) is 80.0 cm³/mol. The van der Waals surface area contributed by atoms with Gasteiger partial charge in [-0.3, -0.25) is 4.79 Å². The van der Waals surface area contributed by atoms with Crippen molar-refractivity contribution in [2.75, 3.05) is 13.6 Å². The minimum Gasteiger partial charge on any atom is -0.507 e. The van der Waals surface area contributed by atoms with Crippen LogP contribution in [0.15, 0.2) is 48.5 Å². The minimum absolute atomic E-state index is 0.0732. The number of phenolic OH excluding ortho intramolecular Hbond substituents is 1. The van der Waals surface area contributed by atoms with Gasteiger partial charge < -0.3 is 10.0 Å². The molecule has 1 N–H and O–H groups in total. The highest BCUT2D eigenvalue weighted by Gasteiger charge is 2.16. The van der Waals surface area contributed by atoms with Gasteiger partial charge in [0, 0.05) is 13.6 Å². The molecule has 3 heteroatoms. The van der Waals surface area contributed by atoms with Crippen LogP contribution in [-0.2, 0) is 6.42 Å². The molecule has 0 aromatic heterocycles. The molecule has 20 heavy (non-hydrogen) atoms. The highest BCUT2D eigenvalue weighted by atomic mass is 16.3. The van der Waals surface area contributed by atoms with Crippen LogP contribution in [0.4, 0.5) is 0 Å². The van der Waals surface area contributed by atoms with Crippen LogP contribution in [0.5, 0.6) is 5.75 Å². The molecular weight excluding hydrogens is 250 g/mol. The van der Waals surface area contributed by atoms with Crippen molar-refractivity contribution in [3.05, 3.63) is 65.2 Å². The molecule has 0 radical (unpaired) electrons. The largest absolute Gasteiger partial charge is 0.507 e. The fraction of sp³-hybridized carbons (Fsp3) is 0.235. The van der Waals surface area contributed by atoms with Crippen molar-refractivity contribution in [1.29, 1.82) is 0 Å². The van der Waals surface area contributed by atoms with Crippen molar-refractivity contribution in [1.82, 2.24) is 4.90 Å². The van der Waals surface area contributed by atoms with Crippen molar-refractivity contribution < 1.29 is 9.90 Å². The van der Waals surface area contributed by atoms with Gasteiger partial charge in [0.1, 0.15) is 5.75 Å². The van der Waals surface area contributed by atoms with E-state index in [0.29, 0.717) is 17.7 Å². The van der Waals surface area contributed by atoms with Crippen molar-refractivity contribution in [3.63, 3.8) is 0 Å². The van der Waals surface area contributed by atoms with Gasteiger partial charge in [-0.25, -0.2) is 0 Å². The molecule has 0 bridgehead atoms. The molecule has 0 aliphatic rings. The van der Waals surface area contributed by atoms with Crippen LogP contribution in [0.3, 0.4) is 0 Å². The average molecular weight is 269 g/mol. The average Bonchev–Trinajstić information content (AvgIpc) is 2.48. The first kappa shape index (κ1) is 14.1.